The van der Waals surface area contributed by atoms with Gasteiger partial charge in [0, 0.05) is 17.2 Å². The molecule has 0 spiro atoms. The minimum Gasteiger partial charge on any atom is -0.496 e. The van der Waals surface area contributed by atoms with Crippen molar-refractivity contribution in [1.29, 1.82) is 0 Å². The first-order valence-electron chi connectivity index (χ1n) is 8.19. The van der Waals surface area contributed by atoms with E-state index in [4.69, 9.17) is 9.47 Å². The Hall–Kier alpha value is -2.58. The summed E-state index contributed by atoms with van der Waals surface area (Å²) in [5.41, 5.74) is 1.06. The molecule has 0 radical (unpaired) electrons. The minimum absolute atomic E-state index is 0.223. The first-order chi connectivity index (χ1) is 13.4. The van der Waals surface area contributed by atoms with E-state index in [1.165, 1.54) is 14.2 Å². The predicted molar refractivity (Wildman–Crippen MR) is 111 cm³/mol. The second kappa shape index (κ2) is 8.62. The summed E-state index contributed by atoms with van der Waals surface area (Å²) < 4.78 is 11.3. The molecule has 1 aliphatic rings. The SMILES string of the molecule is COc1cc(OC)c(/C=C2\SC(=O)N(CC(=O)c3ccccc3)C2=O)cc1Br. The number of hydrogen-bond acceptors (Lipinski definition) is 6. The molecule has 0 N–H and O–H groups in total. The highest BCUT2D eigenvalue weighted by Gasteiger charge is 2.36. The summed E-state index contributed by atoms with van der Waals surface area (Å²) in [4.78, 5) is 38.5. The number of amides is 2. The number of carbonyl (C=O) groups is 3. The van der Waals surface area contributed by atoms with Gasteiger partial charge in [-0.15, -0.1) is 0 Å². The molecule has 28 heavy (non-hydrogen) atoms. The molecule has 0 aliphatic carbocycles. The van der Waals surface area contributed by atoms with Crippen molar-refractivity contribution in [2.24, 2.45) is 0 Å². The second-order valence-corrected chi connectivity index (χ2v) is 7.63. The van der Waals surface area contributed by atoms with Crippen molar-refractivity contribution in [1.82, 2.24) is 4.90 Å². The topological polar surface area (TPSA) is 72.9 Å². The van der Waals surface area contributed by atoms with Crippen molar-refractivity contribution < 1.29 is 23.9 Å². The average molecular weight is 462 g/mol. The zero-order chi connectivity index (χ0) is 20.3. The van der Waals surface area contributed by atoms with Crippen LogP contribution < -0.4 is 9.47 Å². The van der Waals surface area contributed by atoms with E-state index in [2.05, 4.69) is 15.9 Å². The smallest absolute Gasteiger partial charge is 0.293 e. The zero-order valence-corrected chi connectivity index (χ0v) is 17.5. The van der Waals surface area contributed by atoms with Gasteiger partial charge >= 0.3 is 0 Å². The normalized spacial score (nSPS) is 15.2. The number of benzene rings is 2. The third-order valence-corrected chi connectivity index (χ3v) is 5.59. The lowest BCUT2D eigenvalue weighted by Gasteiger charge is -2.12. The van der Waals surface area contributed by atoms with E-state index in [-0.39, 0.29) is 17.2 Å². The molecule has 144 valence electrons. The van der Waals surface area contributed by atoms with Crippen molar-refractivity contribution in [3.8, 4) is 11.5 Å². The van der Waals surface area contributed by atoms with Crippen LogP contribution in [0.5, 0.6) is 11.5 Å². The molecule has 6 nitrogen and oxygen atoms in total. The van der Waals surface area contributed by atoms with Crippen LogP contribution in [0, 0.1) is 0 Å². The first-order valence-corrected chi connectivity index (χ1v) is 9.80. The van der Waals surface area contributed by atoms with Gasteiger partial charge in [-0.25, -0.2) is 0 Å². The maximum absolute atomic E-state index is 12.7. The lowest BCUT2D eigenvalue weighted by atomic mass is 10.1. The molecule has 1 aliphatic heterocycles. The number of Topliss-reactive ketones (excluding diaryl/α,β-unsaturated/α-hetero) is 1. The minimum atomic E-state index is -0.506. The van der Waals surface area contributed by atoms with Crippen molar-refractivity contribution >= 4 is 50.7 Å². The highest BCUT2D eigenvalue weighted by atomic mass is 79.9. The lowest BCUT2D eigenvalue weighted by molar-refractivity contribution is -0.122. The number of hydrogen-bond donors (Lipinski definition) is 0. The Morgan fingerprint density at radius 1 is 1.11 bits per heavy atom. The number of thioether (sulfide) groups is 1. The number of halogens is 1. The van der Waals surface area contributed by atoms with E-state index >= 15 is 0 Å². The van der Waals surface area contributed by atoms with Crippen molar-refractivity contribution in [3.63, 3.8) is 0 Å². The van der Waals surface area contributed by atoms with Crippen LogP contribution in [0.4, 0.5) is 4.79 Å². The predicted octanol–water partition coefficient (Wildman–Crippen LogP) is 4.39. The second-order valence-electron chi connectivity index (χ2n) is 5.79. The highest BCUT2D eigenvalue weighted by Crippen LogP contribution is 2.37. The van der Waals surface area contributed by atoms with Crippen LogP contribution in [0.15, 0.2) is 51.8 Å². The number of imide groups is 1. The molecule has 8 heteroatoms. The Bertz CT molecular complexity index is 974. The summed E-state index contributed by atoms with van der Waals surface area (Å²) in [6.45, 7) is -0.296. The summed E-state index contributed by atoms with van der Waals surface area (Å²) in [7, 11) is 3.04. The number of methoxy groups -OCH3 is 2. The molecule has 2 amide bonds. The fourth-order valence-corrected chi connectivity index (χ4v) is 3.98. The Kier molecular flexibility index (Phi) is 6.21. The summed E-state index contributed by atoms with van der Waals surface area (Å²) in [6.07, 6.45) is 1.57. The van der Waals surface area contributed by atoms with Crippen molar-refractivity contribution in [2.75, 3.05) is 20.8 Å². The van der Waals surface area contributed by atoms with Crippen LogP contribution in [0.25, 0.3) is 6.08 Å². The summed E-state index contributed by atoms with van der Waals surface area (Å²) in [6, 6.07) is 12.0. The number of carbonyl (C=O) groups excluding carboxylic acids is 3. The van der Waals surface area contributed by atoms with E-state index in [0.717, 1.165) is 16.7 Å². The van der Waals surface area contributed by atoms with Crippen molar-refractivity contribution in [2.45, 2.75) is 0 Å². The Morgan fingerprint density at radius 3 is 2.43 bits per heavy atom. The third-order valence-electron chi connectivity index (χ3n) is 4.06. The fraction of sp³-hybridized carbons (Fsp3) is 0.150. The van der Waals surface area contributed by atoms with Crippen LogP contribution in [0.1, 0.15) is 15.9 Å². The van der Waals surface area contributed by atoms with Crippen LogP contribution >= 0.6 is 27.7 Å². The molecule has 0 bridgehead atoms. The molecule has 2 aromatic rings. The van der Waals surface area contributed by atoms with E-state index in [9.17, 15) is 14.4 Å². The summed E-state index contributed by atoms with van der Waals surface area (Å²) in [5, 5.41) is -0.480. The first kappa shape index (κ1) is 20.2. The average Bonchev–Trinajstić information content (AvgIpc) is 2.96. The maximum Gasteiger partial charge on any atom is 0.293 e. The van der Waals surface area contributed by atoms with Gasteiger partial charge in [-0.2, -0.15) is 0 Å². The van der Waals surface area contributed by atoms with Crippen LogP contribution in [-0.2, 0) is 4.79 Å². The van der Waals surface area contributed by atoms with E-state index in [1.807, 2.05) is 0 Å². The molecule has 0 atom stereocenters. The van der Waals surface area contributed by atoms with Gasteiger partial charge in [-0.1, -0.05) is 30.3 Å². The summed E-state index contributed by atoms with van der Waals surface area (Å²) in [5.74, 6) is 0.268. The Balaban J connectivity index is 1.85. The van der Waals surface area contributed by atoms with E-state index in [1.54, 1.807) is 48.5 Å². The van der Waals surface area contributed by atoms with Crippen molar-refractivity contribution in [3.05, 3.63) is 63.0 Å². The zero-order valence-electron chi connectivity index (χ0n) is 15.1. The van der Waals surface area contributed by atoms with Gasteiger partial charge in [0.1, 0.15) is 11.5 Å². The van der Waals surface area contributed by atoms with Gasteiger partial charge in [-0.3, -0.25) is 19.3 Å². The number of rotatable bonds is 6. The lowest BCUT2D eigenvalue weighted by Crippen LogP contribution is -2.33. The molecule has 0 saturated carbocycles. The quantitative estimate of drug-likeness (QED) is 0.469. The molecule has 1 fully saturated rings. The number of nitrogens with zero attached hydrogens (tertiary/aromatic N) is 1. The maximum atomic E-state index is 12.7. The van der Waals surface area contributed by atoms with Crippen LogP contribution in [0.2, 0.25) is 0 Å². The highest BCUT2D eigenvalue weighted by molar-refractivity contribution is 9.10. The Labute approximate surface area is 174 Å². The largest absolute Gasteiger partial charge is 0.496 e. The molecular weight excluding hydrogens is 446 g/mol. The van der Waals surface area contributed by atoms with Gasteiger partial charge in [-0.05, 0) is 39.8 Å². The molecule has 0 aromatic heterocycles. The fourth-order valence-electron chi connectivity index (χ4n) is 2.63. The number of ketones is 1. The summed E-state index contributed by atoms with van der Waals surface area (Å²) >= 11 is 4.19. The molecule has 3 rings (SSSR count). The van der Waals surface area contributed by atoms with E-state index < -0.39 is 11.1 Å². The van der Waals surface area contributed by atoms with Crippen LogP contribution in [-0.4, -0.2) is 42.6 Å². The number of ether oxygens (including phenoxy) is 2. The Morgan fingerprint density at radius 2 is 1.79 bits per heavy atom. The molecular formula is C20H16BrNO5S. The van der Waals surface area contributed by atoms with E-state index in [0.29, 0.717) is 27.1 Å². The van der Waals surface area contributed by atoms with Gasteiger partial charge in [0.05, 0.1) is 30.1 Å². The van der Waals surface area contributed by atoms with Gasteiger partial charge in [0.25, 0.3) is 11.1 Å². The molecule has 1 saturated heterocycles. The van der Waals surface area contributed by atoms with Gasteiger partial charge in [0.2, 0.25) is 0 Å². The monoisotopic (exact) mass is 461 g/mol. The van der Waals surface area contributed by atoms with Gasteiger partial charge in [0.15, 0.2) is 5.78 Å². The van der Waals surface area contributed by atoms with Gasteiger partial charge < -0.3 is 9.47 Å². The molecule has 1 heterocycles. The standard InChI is InChI=1S/C20H16BrNO5S/c1-26-16-10-17(27-2)14(21)8-13(16)9-18-19(24)22(20(25)28-18)11-15(23)12-6-4-3-5-7-12/h3-10H,11H2,1-2H3/b18-9-. The molecule has 0 unspecified atom stereocenters. The van der Waals surface area contributed by atoms with Crippen LogP contribution in [0.3, 0.4) is 0 Å². The molecule has 2 aromatic carbocycles. The third kappa shape index (κ3) is 4.13.